The summed E-state index contributed by atoms with van der Waals surface area (Å²) in [4.78, 5) is 30.8. The van der Waals surface area contributed by atoms with Crippen LogP contribution < -0.4 is 0 Å². The third-order valence-electron chi connectivity index (χ3n) is 7.11. The molecule has 0 N–H and O–H groups in total. The van der Waals surface area contributed by atoms with Crippen LogP contribution in [0.4, 0.5) is 0 Å². The van der Waals surface area contributed by atoms with Crippen LogP contribution in [0, 0.1) is 23.7 Å². The molecule has 3 nitrogen and oxygen atoms in total. The summed E-state index contributed by atoms with van der Waals surface area (Å²) in [7, 11) is 0. The largest absolute Gasteiger partial charge is 0.298 e. The lowest BCUT2D eigenvalue weighted by atomic mass is 9.81. The Labute approximate surface area is 174 Å². The molecule has 3 aliphatic carbocycles. The van der Waals surface area contributed by atoms with Gasteiger partial charge in [0.15, 0.2) is 11.6 Å². The average molecular weight is 414 g/mol. The Morgan fingerprint density at radius 1 is 1.00 bits per heavy atom. The quantitative estimate of drug-likeness (QED) is 0.491. The van der Waals surface area contributed by atoms with Crippen molar-refractivity contribution < 1.29 is 9.59 Å². The second-order valence-electron chi connectivity index (χ2n) is 8.36. The molecule has 1 aromatic carbocycles. The van der Waals surface area contributed by atoms with Crippen molar-refractivity contribution in [1.82, 2.24) is 4.98 Å². The van der Waals surface area contributed by atoms with Crippen LogP contribution in [-0.4, -0.2) is 16.6 Å². The number of aromatic nitrogens is 1. The van der Waals surface area contributed by atoms with Gasteiger partial charge in [0, 0.05) is 17.4 Å². The minimum absolute atomic E-state index is 0.0506. The van der Waals surface area contributed by atoms with Gasteiger partial charge in [-0.05, 0) is 72.4 Å². The zero-order chi connectivity index (χ0) is 19.6. The van der Waals surface area contributed by atoms with E-state index < -0.39 is 5.92 Å². The molecule has 0 aliphatic heterocycles. The maximum absolute atomic E-state index is 13.3. The van der Waals surface area contributed by atoms with Gasteiger partial charge in [0.25, 0.3) is 0 Å². The van der Waals surface area contributed by atoms with Gasteiger partial charge in [-0.3, -0.25) is 9.59 Å². The van der Waals surface area contributed by atoms with E-state index in [1.54, 1.807) is 6.07 Å². The highest BCUT2D eigenvalue weighted by molar-refractivity contribution is 6.34. The van der Waals surface area contributed by atoms with E-state index in [0.29, 0.717) is 22.1 Å². The number of hydrogen-bond acceptors (Lipinski definition) is 3. The summed E-state index contributed by atoms with van der Waals surface area (Å²) in [6.07, 6.45) is 4.04. The van der Waals surface area contributed by atoms with Crippen molar-refractivity contribution in [2.24, 2.45) is 23.7 Å². The lowest BCUT2D eigenvalue weighted by molar-refractivity contribution is -0.125. The van der Waals surface area contributed by atoms with Crippen LogP contribution in [0.1, 0.15) is 43.2 Å². The fraction of sp³-hybridized carbons (Fsp3) is 0.435. The fourth-order valence-corrected chi connectivity index (χ4v) is 6.38. The van der Waals surface area contributed by atoms with Gasteiger partial charge < -0.3 is 0 Å². The molecule has 5 rings (SSSR count). The molecule has 0 saturated heterocycles. The predicted molar refractivity (Wildman–Crippen MR) is 110 cm³/mol. The molecular formula is C23H21Cl2NO2. The zero-order valence-corrected chi connectivity index (χ0v) is 17.1. The molecule has 1 heterocycles. The number of halogens is 2. The van der Waals surface area contributed by atoms with Gasteiger partial charge in [0.2, 0.25) is 0 Å². The van der Waals surface area contributed by atoms with Gasteiger partial charge in [-0.25, -0.2) is 4.98 Å². The molecule has 3 fully saturated rings. The molecule has 0 spiro atoms. The van der Waals surface area contributed by atoms with Crippen LogP contribution in [-0.2, 0) is 16.0 Å². The van der Waals surface area contributed by atoms with Crippen LogP contribution in [0.5, 0.6) is 0 Å². The van der Waals surface area contributed by atoms with Crippen molar-refractivity contribution in [3.05, 3.63) is 51.8 Å². The number of benzene rings is 1. The summed E-state index contributed by atoms with van der Waals surface area (Å²) in [5, 5.41) is 0.658. The maximum Gasteiger partial charge on any atom is 0.151 e. The predicted octanol–water partition coefficient (Wildman–Crippen LogP) is 5.52. The Morgan fingerprint density at radius 2 is 1.68 bits per heavy atom. The van der Waals surface area contributed by atoms with E-state index in [0.717, 1.165) is 47.9 Å². The topological polar surface area (TPSA) is 47.0 Å². The van der Waals surface area contributed by atoms with E-state index >= 15 is 0 Å². The monoisotopic (exact) mass is 413 g/mol. The van der Waals surface area contributed by atoms with Crippen molar-refractivity contribution >= 4 is 34.8 Å². The summed E-state index contributed by atoms with van der Waals surface area (Å²) in [5.74, 6) is 0.408. The van der Waals surface area contributed by atoms with E-state index in [1.807, 2.05) is 24.3 Å². The number of rotatable bonds is 3. The average Bonchev–Trinajstić information content (AvgIpc) is 3.35. The molecule has 2 bridgehead atoms. The molecule has 28 heavy (non-hydrogen) atoms. The van der Waals surface area contributed by atoms with E-state index in [4.69, 9.17) is 23.2 Å². The summed E-state index contributed by atoms with van der Waals surface area (Å²) >= 11 is 12.2. The van der Waals surface area contributed by atoms with Crippen LogP contribution in [0.2, 0.25) is 10.3 Å². The van der Waals surface area contributed by atoms with Gasteiger partial charge in [0.05, 0.1) is 0 Å². The van der Waals surface area contributed by atoms with Gasteiger partial charge >= 0.3 is 0 Å². The van der Waals surface area contributed by atoms with Gasteiger partial charge in [-0.15, -0.1) is 0 Å². The fourth-order valence-electron chi connectivity index (χ4n) is 5.92. The molecule has 1 unspecified atom stereocenters. The second kappa shape index (κ2) is 6.67. The van der Waals surface area contributed by atoms with E-state index in [-0.39, 0.29) is 23.4 Å². The zero-order valence-electron chi connectivity index (χ0n) is 15.6. The van der Waals surface area contributed by atoms with E-state index in [1.165, 1.54) is 0 Å². The first-order valence-electron chi connectivity index (χ1n) is 10.0. The molecule has 3 saturated carbocycles. The Hall–Kier alpha value is -1.71. The Kier molecular flexibility index (Phi) is 4.37. The number of carbonyl (C=O) groups is 2. The van der Waals surface area contributed by atoms with Gasteiger partial charge in [0.1, 0.15) is 16.2 Å². The molecular weight excluding hydrogens is 393 g/mol. The number of ketones is 2. The Bertz CT molecular complexity index is 974. The number of carbonyl (C=O) groups excluding carboxylic acids is 2. The number of nitrogens with zero attached hydrogens (tertiary/aromatic N) is 1. The Balaban J connectivity index is 1.60. The molecule has 0 radical (unpaired) electrons. The summed E-state index contributed by atoms with van der Waals surface area (Å²) in [5.41, 5.74) is 3.53. The second-order valence-corrected chi connectivity index (χ2v) is 9.11. The minimum Gasteiger partial charge on any atom is -0.298 e. The van der Waals surface area contributed by atoms with E-state index in [2.05, 4.69) is 11.9 Å². The lowest BCUT2D eigenvalue weighted by Gasteiger charge is -2.21. The summed E-state index contributed by atoms with van der Waals surface area (Å²) in [6.45, 7) is 2.06. The SMILES string of the molecule is CCc1ccc(-c2ccc(Cl)nc2Cl)cc1C1C(=O)[C@@H]2[C@@H]3CC[C@@H](C3)[C@@H]2C1=O. The highest BCUT2D eigenvalue weighted by Gasteiger charge is 2.61. The molecule has 2 aromatic rings. The third kappa shape index (κ3) is 2.59. The van der Waals surface area contributed by atoms with E-state index in [9.17, 15) is 9.59 Å². The van der Waals surface area contributed by atoms with Crippen LogP contribution in [0.15, 0.2) is 30.3 Å². The van der Waals surface area contributed by atoms with Gasteiger partial charge in [-0.2, -0.15) is 0 Å². The molecule has 3 aliphatic rings. The number of Topliss-reactive ketones (excluding diaryl/α,β-unsaturated/α-hetero) is 2. The smallest absolute Gasteiger partial charge is 0.151 e. The minimum atomic E-state index is -0.618. The molecule has 1 aromatic heterocycles. The maximum atomic E-state index is 13.3. The van der Waals surface area contributed by atoms with Crippen LogP contribution in [0.3, 0.4) is 0 Å². The number of fused-ring (bicyclic) bond motifs is 5. The normalized spacial score (nSPS) is 30.9. The first kappa shape index (κ1) is 18.3. The van der Waals surface area contributed by atoms with Crippen molar-refractivity contribution in [2.45, 2.75) is 38.5 Å². The highest BCUT2D eigenvalue weighted by Crippen LogP contribution is 2.59. The molecule has 144 valence electrons. The molecule has 0 amide bonds. The highest BCUT2D eigenvalue weighted by atomic mass is 35.5. The number of hydrogen-bond donors (Lipinski definition) is 0. The first-order valence-corrected chi connectivity index (χ1v) is 10.8. The number of aryl methyl sites for hydroxylation is 1. The van der Waals surface area contributed by atoms with Crippen molar-refractivity contribution in [3.8, 4) is 11.1 Å². The molecule has 5 atom stereocenters. The number of pyridine rings is 1. The van der Waals surface area contributed by atoms with Crippen molar-refractivity contribution in [2.75, 3.05) is 0 Å². The standard InChI is InChI=1S/C23H21Cl2NO2/c1-2-11-3-4-12(15-7-8-17(24)26-23(15)25)10-16(11)20-21(27)18-13-5-6-14(9-13)19(18)22(20)28/h3-4,7-8,10,13-14,18-20H,2,5-6,9H2,1H3/t13-,14+,18-,19+,20?. The van der Waals surface area contributed by atoms with Crippen LogP contribution in [0.25, 0.3) is 11.1 Å². The third-order valence-corrected chi connectivity index (χ3v) is 7.60. The van der Waals surface area contributed by atoms with Crippen molar-refractivity contribution in [3.63, 3.8) is 0 Å². The summed E-state index contributed by atoms with van der Waals surface area (Å²) in [6, 6.07) is 9.49. The van der Waals surface area contributed by atoms with Crippen LogP contribution >= 0.6 is 23.2 Å². The summed E-state index contributed by atoms with van der Waals surface area (Å²) < 4.78 is 0. The molecule has 5 heteroatoms. The lowest BCUT2D eigenvalue weighted by Crippen LogP contribution is -2.24. The first-order chi connectivity index (χ1) is 13.5. The Morgan fingerprint density at radius 3 is 2.29 bits per heavy atom. The van der Waals surface area contributed by atoms with Gasteiger partial charge in [-0.1, -0.05) is 42.3 Å². The van der Waals surface area contributed by atoms with Crippen molar-refractivity contribution in [1.29, 1.82) is 0 Å².